The van der Waals surface area contributed by atoms with Crippen molar-refractivity contribution in [2.45, 2.75) is 63.8 Å². The van der Waals surface area contributed by atoms with E-state index in [2.05, 4.69) is 54.8 Å². The van der Waals surface area contributed by atoms with Gasteiger partial charge >= 0.3 is 0 Å². The fraction of sp³-hybridized carbons (Fsp3) is 0.636. The predicted octanol–water partition coefficient (Wildman–Crippen LogP) is 3.06. The van der Waals surface area contributed by atoms with Gasteiger partial charge in [-0.2, -0.15) is 0 Å². The number of guanidine groups is 1. The highest BCUT2D eigenvalue weighted by molar-refractivity contribution is 5.81. The van der Waals surface area contributed by atoms with E-state index < -0.39 is 0 Å². The molecule has 2 N–H and O–H groups in total. The van der Waals surface area contributed by atoms with Gasteiger partial charge in [0.15, 0.2) is 5.96 Å². The molecule has 3 rings (SSSR count). The van der Waals surface area contributed by atoms with E-state index in [1.807, 2.05) is 4.90 Å². The molecule has 1 aliphatic heterocycles. The van der Waals surface area contributed by atoms with Crippen LogP contribution in [0, 0.1) is 0 Å². The average Bonchev–Trinajstić information content (AvgIpc) is 3.48. The van der Waals surface area contributed by atoms with Gasteiger partial charge in [-0.15, -0.1) is 0 Å². The Morgan fingerprint density at radius 2 is 2.00 bits per heavy atom. The Labute approximate surface area is 163 Å². The van der Waals surface area contributed by atoms with Gasteiger partial charge in [0, 0.05) is 37.5 Å². The zero-order valence-electron chi connectivity index (χ0n) is 16.8. The summed E-state index contributed by atoms with van der Waals surface area (Å²) in [4.78, 5) is 19.3. The smallest absolute Gasteiger partial charge is 0.224 e. The number of aliphatic imine (C=N–C) groups is 1. The largest absolute Gasteiger partial charge is 0.357 e. The molecule has 2 aliphatic rings. The van der Waals surface area contributed by atoms with Crippen molar-refractivity contribution in [3.63, 3.8) is 0 Å². The second-order valence-corrected chi connectivity index (χ2v) is 7.95. The molecule has 1 saturated carbocycles. The first-order valence-corrected chi connectivity index (χ1v) is 10.5. The molecule has 5 nitrogen and oxygen atoms in total. The van der Waals surface area contributed by atoms with Crippen LogP contribution in [0.25, 0.3) is 0 Å². The standard InChI is InChI=1S/C22H34N4O/c1-3-23-21(24-15-12-20(27)26-16-8-7-9-18(26)2)25-17-22(13-14-22)19-10-5-4-6-11-19/h4-6,10-11,18H,3,7-9,12-17H2,1-2H3,(H2,23,24,25). The zero-order chi connectivity index (χ0) is 19.1. The van der Waals surface area contributed by atoms with E-state index >= 15 is 0 Å². The van der Waals surface area contributed by atoms with Crippen molar-refractivity contribution < 1.29 is 4.79 Å². The average molecular weight is 371 g/mol. The minimum Gasteiger partial charge on any atom is -0.357 e. The summed E-state index contributed by atoms with van der Waals surface area (Å²) in [6, 6.07) is 11.1. The Balaban J connectivity index is 1.50. The monoisotopic (exact) mass is 370 g/mol. The minimum absolute atomic E-state index is 0.211. The first-order chi connectivity index (χ1) is 13.1. The van der Waals surface area contributed by atoms with E-state index in [4.69, 9.17) is 4.99 Å². The lowest BCUT2D eigenvalue weighted by atomic mass is 9.96. The Morgan fingerprint density at radius 3 is 2.67 bits per heavy atom. The van der Waals surface area contributed by atoms with Crippen LogP contribution in [-0.4, -0.2) is 49.0 Å². The number of hydrogen-bond donors (Lipinski definition) is 2. The fourth-order valence-electron chi connectivity index (χ4n) is 3.95. The van der Waals surface area contributed by atoms with Crippen molar-refractivity contribution >= 4 is 11.9 Å². The summed E-state index contributed by atoms with van der Waals surface area (Å²) in [7, 11) is 0. The molecule has 1 heterocycles. The number of hydrogen-bond acceptors (Lipinski definition) is 2. The number of carbonyl (C=O) groups excluding carboxylic acids is 1. The van der Waals surface area contributed by atoms with Gasteiger partial charge in [-0.25, -0.2) is 0 Å². The number of likely N-dealkylation sites (tertiary alicyclic amines) is 1. The number of benzene rings is 1. The maximum atomic E-state index is 12.5. The van der Waals surface area contributed by atoms with E-state index in [0.717, 1.165) is 38.4 Å². The van der Waals surface area contributed by atoms with Crippen LogP contribution < -0.4 is 10.6 Å². The summed E-state index contributed by atoms with van der Waals surface area (Å²) in [6.07, 6.45) is 6.43. The van der Waals surface area contributed by atoms with Crippen molar-refractivity contribution in [3.8, 4) is 0 Å². The van der Waals surface area contributed by atoms with Crippen LogP contribution in [-0.2, 0) is 10.2 Å². The van der Waals surface area contributed by atoms with Crippen LogP contribution in [0.4, 0.5) is 0 Å². The minimum atomic E-state index is 0.211. The molecule has 1 aliphatic carbocycles. The third kappa shape index (κ3) is 5.24. The molecule has 27 heavy (non-hydrogen) atoms. The van der Waals surface area contributed by atoms with Crippen molar-refractivity contribution in [1.29, 1.82) is 0 Å². The molecule has 0 spiro atoms. The third-order valence-electron chi connectivity index (χ3n) is 5.88. The highest BCUT2D eigenvalue weighted by Crippen LogP contribution is 2.48. The van der Waals surface area contributed by atoms with Crippen molar-refractivity contribution in [1.82, 2.24) is 15.5 Å². The van der Waals surface area contributed by atoms with E-state index in [-0.39, 0.29) is 11.3 Å². The van der Waals surface area contributed by atoms with Gasteiger partial charge in [-0.3, -0.25) is 9.79 Å². The third-order valence-corrected chi connectivity index (χ3v) is 5.88. The Morgan fingerprint density at radius 1 is 1.22 bits per heavy atom. The molecule has 5 heteroatoms. The number of nitrogens with zero attached hydrogens (tertiary/aromatic N) is 2. The van der Waals surface area contributed by atoms with Crippen LogP contribution in [0.3, 0.4) is 0 Å². The molecule has 0 aromatic heterocycles. The maximum Gasteiger partial charge on any atom is 0.224 e. The molecule has 0 bridgehead atoms. The quantitative estimate of drug-likeness (QED) is 0.573. The van der Waals surface area contributed by atoms with Gasteiger partial charge in [0.25, 0.3) is 0 Å². The SMILES string of the molecule is CCNC(=NCC1(c2ccccc2)CC1)NCCC(=O)N1CCCCC1C. The van der Waals surface area contributed by atoms with Crippen LogP contribution in [0.15, 0.2) is 35.3 Å². The molecule has 1 atom stereocenters. The highest BCUT2D eigenvalue weighted by atomic mass is 16.2. The van der Waals surface area contributed by atoms with Gasteiger partial charge in [0.05, 0.1) is 6.54 Å². The summed E-state index contributed by atoms with van der Waals surface area (Å²) in [5.41, 5.74) is 1.60. The number of rotatable bonds is 7. The lowest BCUT2D eigenvalue weighted by Crippen LogP contribution is -2.44. The fourth-order valence-corrected chi connectivity index (χ4v) is 3.95. The molecule has 1 saturated heterocycles. The molecule has 2 fully saturated rings. The van der Waals surface area contributed by atoms with Crippen LogP contribution in [0.5, 0.6) is 0 Å². The predicted molar refractivity (Wildman–Crippen MR) is 111 cm³/mol. The molecular weight excluding hydrogens is 336 g/mol. The normalized spacial score (nSPS) is 21.6. The summed E-state index contributed by atoms with van der Waals surface area (Å²) < 4.78 is 0. The highest BCUT2D eigenvalue weighted by Gasteiger charge is 2.43. The molecular formula is C22H34N4O. The first kappa shape index (κ1) is 19.7. The molecule has 148 valence electrons. The van der Waals surface area contributed by atoms with Gasteiger partial charge in [0.1, 0.15) is 0 Å². The summed E-state index contributed by atoms with van der Waals surface area (Å²) in [5, 5.41) is 6.66. The molecule has 1 unspecified atom stereocenters. The van der Waals surface area contributed by atoms with E-state index in [1.165, 1.54) is 24.8 Å². The van der Waals surface area contributed by atoms with Crippen molar-refractivity contribution in [2.75, 3.05) is 26.2 Å². The number of nitrogens with one attached hydrogen (secondary N) is 2. The van der Waals surface area contributed by atoms with Crippen molar-refractivity contribution in [3.05, 3.63) is 35.9 Å². The molecule has 1 aromatic rings. The molecule has 1 aromatic carbocycles. The zero-order valence-corrected chi connectivity index (χ0v) is 16.8. The Kier molecular flexibility index (Phi) is 6.75. The lowest BCUT2D eigenvalue weighted by Gasteiger charge is -2.33. The van der Waals surface area contributed by atoms with E-state index in [0.29, 0.717) is 19.0 Å². The molecule has 0 radical (unpaired) electrons. The van der Waals surface area contributed by atoms with Gasteiger partial charge in [0.2, 0.25) is 5.91 Å². The second kappa shape index (κ2) is 9.25. The van der Waals surface area contributed by atoms with Crippen LogP contribution >= 0.6 is 0 Å². The lowest BCUT2D eigenvalue weighted by molar-refractivity contribution is -0.134. The van der Waals surface area contributed by atoms with E-state index in [9.17, 15) is 4.79 Å². The Bertz CT molecular complexity index is 639. The van der Waals surface area contributed by atoms with Crippen LogP contribution in [0.1, 0.15) is 57.9 Å². The number of piperidine rings is 1. The Hall–Kier alpha value is -2.04. The first-order valence-electron chi connectivity index (χ1n) is 10.5. The number of amides is 1. The van der Waals surface area contributed by atoms with Gasteiger partial charge in [-0.05, 0) is 51.5 Å². The summed E-state index contributed by atoms with van der Waals surface area (Å²) >= 11 is 0. The van der Waals surface area contributed by atoms with Crippen molar-refractivity contribution in [2.24, 2.45) is 4.99 Å². The van der Waals surface area contributed by atoms with E-state index in [1.54, 1.807) is 0 Å². The maximum absolute atomic E-state index is 12.5. The number of carbonyl (C=O) groups is 1. The summed E-state index contributed by atoms with van der Waals surface area (Å²) in [5.74, 6) is 1.08. The summed E-state index contributed by atoms with van der Waals surface area (Å²) in [6.45, 7) is 7.39. The molecule has 1 amide bonds. The topological polar surface area (TPSA) is 56.7 Å². The van der Waals surface area contributed by atoms with Gasteiger partial charge < -0.3 is 15.5 Å². The second-order valence-electron chi connectivity index (χ2n) is 7.95. The van der Waals surface area contributed by atoms with Crippen LogP contribution in [0.2, 0.25) is 0 Å². The van der Waals surface area contributed by atoms with Gasteiger partial charge in [-0.1, -0.05) is 30.3 Å².